The van der Waals surface area contributed by atoms with Gasteiger partial charge in [0.25, 0.3) is 11.1 Å². The minimum atomic E-state index is -0.0933. The average Bonchev–Trinajstić information content (AvgIpc) is 3.38. The van der Waals surface area contributed by atoms with Gasteiger partial charge in [0, 0.05) is 5.56 Å². The van der Waals surface area contributed by atoms with Crippen molar-refractivity contribution in [2.75, 3.05) is 0 Å². The normalized spacial score (nSPS) is 12.4. The molecule has 0 N–H and O–H groups in total. The lowest BCUT2D eigenvalue weighted by molar-refractivity contribution is 0.461. The van der Waals surface area contributed by atoms with Crippen LogP contribution in [-0.4, -0.2) is 20.4 Å². The Morgan fingerprint density at radius 1 is 0.962 bits per heavy atom. The van der Waals surface area contributed by atoms with E-state index in [1.54, 1.807) is 11.3 Å². The Morgan fingerprint density at radius 3 is 2.58 bits per heavy atom. The fraction of sp³-hybridized carbons (Fsp3) is 0.222. The first-order valence-corrected chi connectivity index (χ1v) is 9.81. The van der Waals surface area contributed by atoms with E-state index in [0.717, 1.165) is 10.4 Å². The summed E-state index contributed by atoms with van der Waals surface area (Å²) in [7, 11) is 0. The predicted octanol–water partition coefficient (Wildman–Crippen LogP) is 5.32. The summed E-state index contributed by atoms with van der Waals surface area (Å²) in [4.78, 5) is 0.954. The molecule has 0 aliphatic carbocycles. The van der Waals surface area contributed by atoms with Crippen molar-refractivity contribution in [2.24, 2.45) is 0 Å². The summed E-state index contributed by atoms with van der Waals surface area (Å²) in [5.41, 5.74) is 3.34. The molecule has 0 spiro atoms. The van der Waals surface area contributed by atoms with Crippen molar-refractivity contribution in [3.63, 3.8) is 0 Å². The second kappa shape index (κ2) is 7.05. The molecule has 0 aliphatic heterocycles. The zero-order chi connectivity index (χ0) is 18.1. The number of thioether (sulfide) groups is 1. The number of rotatable bonds is 5. The van der Waals surface area contributed by atoms with Gasteiger partial charge in [-0.25, -0.2) is 0 Å². The number of aromatic nitrogens is 4. The summed E-state index contributed by atoms with van der Waals surface area (Å²) >= 11 is 2.96. The van der Waals surface area contributed by atoms with Crippen LogP contribution in [0.1, 0.15) is 29.2 Å². The fourth-order valence-corrected chi connectivity index (χ4v) is 3.71. The van der Waals surface area contributed by atoms with Crippen LogP contribution < -0.4 is 0 Å². The zero-order valence-corrected chi connectivity index (χ0v) is 16.1. The van der Waals surface area contributed by atoms with Crippen molar-refractivity contribution >= 4 is 23.1 Å². The van der Waals surface area contributed by atoms with Crippen LogP contribution in [0.5, 0.6) is 0 Å². The molecule has 1 aromatic carbocycles. The maximum atomic E-state index is 5.79. The zero-order valence-electron chi connectivity index (χ0n) is 14.5. The van der Waals surface area contributed by atoms with Gasteiger partial charge >= 0.3 is 0 Å². The van der Waals surface area contributed by atoms with E-state index in [9.17, 15) is 0 Å². The summed E-state index contributed by atoms with van der Waals surface area (Å²) in [6.45, 7) is 6.11. The van der Waals surface area contributed by atoms with Crippen LogP contribution in [0.4, 0.5) is 0 Å². The van der Waals surface area contributed by atoms with Gasteiger partial charge in [0.2, 0.25) is 11.8 Å². The molecule has 0 fully saturated rings. The van der Waals surface area contributed by atoms with Crippen LogP contribution in [0, 0.1) is 13.8 Å². The molecule has 0 bridgehead atoms. The Bertz CT molecular complexity index is 1020. The SMILES string of the molecule is Cc1ccc(-c2nnc(S[C@H](C)c3nnc(-c4cccs4)o3)o2)cc1C. The third kappa shape index (κ3) is 3.42. The van der Waals surface area contributed by atoms with Gasteiger partial charge in [-0.1, -0.05) is 23.9 Å². The molecule has 4 aromatic rings. The number of hydrogen-bond donors (Lipinski definition) is 0. The Hall–Kier alpha value is -2.45. The number of aryl methyl sites for hydroxylation is 2. The van der Waals surface area contributed by atoms with E-state index in [-0.39, 0.29) is 5.25 Å². The van der Waals surface area contributed by atoms with Crippen LogP contribution in [0.2, 0.25) is 0 Å². The molecule has 3 aromatic heterocycles. The molecule has 1 atom stereocenters. The van der Waals surface area contributed by atoms with Gasteiger partial charge in [0.05, 0.1) is 10.1 Å². The molecule has 132 valence electrons. The lowest BCUT2D eigenvalue weighted by atomic mass is 10.1. The van der Waals surface area contributed by atoms with Gasteiger partial charge in [0.15, 0.2) is 0 Å². The van der Waals surface area contributed by atoms with Crippen LogP contribution >= 0.6 is 23.1 Å². The Labute approximate surface area is 158 Å². The number of hydrogen-bond acceptors (Lipinski definition) is 8. The highest BCUT2D eigenvalue weighted by Gasteiger charge is 2.20. The summed E-state index contributed by atoms with van der Waals surface area (Å²) in [6.07, 6.45) is 0. The van der Waals surface area contributed by atoms with E-state index in [1.807, 2.05) is 36.6 Å². The molecular weight excluding hydrogens is 368 g/mol. The molecule has 3 heterocycles. The van der Waals surface area contributed by atoms with Crippen molar-refractivity contribution in [2.45, 2.75) is 31.2 Å². The van der Waals surface area contributed by atoms with Crippen LogP contribution in [0.3, 0.4) is 0 Å². The van der Waals surface area contributed by atoms with Crippen LogP contribution in [0.25, 0.3) is 22.2 Å². The third-order valence-corrected chi connectivity index (χ3v) is 5.74. The third-order valence-electron chi connectivity index (χ3n) is 3.96. The van der Waals surface area contributed by atoms with Gasteiger partial charge in [-0.15, -0.1) is 31.7 Å². The second-order valence-corrected chi connectivity index (χ2v) is 8.09. The van der Waals surface area contributed by atoms with Gasteiger partial charge in [-0.3, -0.25) is 0 Å². The lowest BCUT2D eigenvalue weighted by Crippen LogP contribution is -1.88. The predicted molar refractivity (Wildman–Crippen MR) is 101 cm³/mol. The highest BCUT2D eigenvalue weighted by atomic mass is 32.2. The van der Waals surface area contributed by atoms with E-state index < -0.39 is 0 Å². The second-order valence-electron chi connectivity index (χ2n) is 5.85. The van der Waals surface area contributed by atoms with Crippen molar-refractivity contribution in [3.05, 3.63) is 52.7 Å². The Balaban J connectivity index is 1.49. The quantitative estimate of drug-likeness (QED) is 0.431. The summed E-state index contributed by atoms with van der Waals surface area (Å²) in [5, 5.41) is 18.9. The van der Waals surface area contributed by atoms with E-state index in [0.29, 0.717) is 22.9 Å². The molecule has 0 radical (unpaired) electrons. The maximum Gasteiger partial charge on any atom is 0.277 e. The van der Waals surface area contributed by atoms with Crippen molar-refractivity contribution in [1.29, 1.82) is 0 Å². The van der Waals surface area contributed by atoms with E-state index >= 15 is 0 Å². The minimum absolute atomic E-state index is 0.0933. The Kier molecular flexibility index (Phi) is 4.60. The smallest absolute Gasteiger partial charge is 0.277 e. The molecular formula is C18H16N4O2S2. The minimum Gasteiger partial charge on any atom is -0.419 e. The summed E-state index contributed by atoms with van der Waals surface area (Å²) < 4.78 is 11.5. The Morgan fingerprint density at radius 2 is 1.81 bits per heavy atom. The lowest BCUT2D eigenvalue weighted by Gasteiger charge is -2.02. The van der Waals surface area contributed by atoms with Gasteiger partial charge in [-0.2, -0.15) is 0 Å². The van der Waals surface area contributed by atoms with E-state index in [4.69, 9.17) is 8.83 Å². The molecule has 4 rings (SSSR count). The van der Waals surface area contributed by atoms with E-state index in [1.165, 1.54) is 22.9 Å². The average molecular weight is 384 g/mol. The fourth-order valence-electron chi connectivity index (χ4n) is 2.35. The number of thiophene rings is 1. The molecule has 0 saturated carbocycles. The van der Waals surface area contributed by atoms with Crippen molar-refractivity contribution < 1.29 is 8.83 Å². The largest absolute Gasteiger partial charge is 0.419 e. The monoisotopic (exact) mass is 384 g/mol. The highest BCUT2D eigenvalue weighted by Crippen LogP contribution is 2.36. The number of nitrogens with zero attached hydrogens (tertiary/aromatic N) is 4. The molecule has 0 aliphatic rings. The molecule has 0 unspecified atom stereocenters. The standard InChI is InChI=1S/C18H16N4O2S2/c1-10-6-7-13(9-11(10)2)16-20-22-18(24-16)26-12(3)15-19-21-17(23-15)14-5-4-8-25-14/h4-9,12H,1-3H3/t12-/m1/s1. The molecule has 6 nitrogen and oxygen atoms in total. The molecule has 0 amide bonds. The van der Waals surface area contributed by atoms with Gasteiger partial charge in [-0.05, 0) is 55.5 Å². The first-order valence-electron chi connectivity index (χ1n) is 8.05. The first-order chi connectivity index (χ1) is 12.6. The van der Waals surface area contributed by atoms with Crippen LogP contribution in [0.15, 0.2) is 49.8 Å². The van der Waals surface area contributed by atoms with Gasteiger partial charge in [0.1, 0.15) is 0 Å². The number of benzene rings is 1. The van der Waals surface area contributed by atoms with Crippen molar-refractivity contribution in [3.8, 4) is 22.2 Å². The van der Waals surface area contributed by atoms with E-state index in [2.05, 4.69) is 40.3 Å². The van der Waals surface area contributed by atoms with Crippen LogP contribution in [-0.2, 0) is 0 Å². The highest BCUT2D eigenvalue weighted by molar-refractivity contribution is 7.99. The first kappa shape index (κ1) is 17.0. The maximum absolute atomic E-state index is 5.79. The summed E-state index contributed by atoms with van der Waals surface area (Å²) in [5.74, 6) is 1.57. The summed E-state index contributed by atoms with van der Waals surface area (Å²) in [6, 6.07) is 9.99. The van der Waals surface area contributed by atoms with Gasteiger partial charge < -0.3 is 8.83 Å². The molecule has 0 saturated heterocycles. The van der Waals surface area contributed by atoms with Crippen molar-refractivity contribution in [1.82, 2.24) is 20.4 Å². The molecule has 26 heavy (non-hydrogen) atoms. The molecule has 8 heteroatoms. The topological polar surface area (TPSA) is 77.8 Å².